The number of hydrogen-bond donors (Lipinski definition) is 3. The number of carbonyl (C=O) groups excluding carboxylic acids is 1. The van der Waals surface area contributed by atoms with Gasteiger partial charge in [-0.05, 0) is 24.2 Å². The summed E-state index contributed by atoms with van der Waals surface area (Å²) in [4.78, 5) is 11.1. The molecule has 15 heavy (non-hydrogen) atoms. The molecule has 0 spiro atoms. The van der Waals surface area contributed by atoms with E-state index in [9.17, 15) is 9.90 Å². The average Bonchev–Trinajstić information content (AvgIpc) is 2.18. The molecule has 0 fully saturated rings. The van der Waals surface area contributed by atoms with Crippen LogP contribution in [0.3, 0.4) is 0 Å². The van der Waals surface area contributed by atoms with E-state index in [1.807, 2.05) is 6.92 Å². The molecule has 4 N–H and O–H groups in total. The van der Waals surface area contributed by atoms with Gasteiger partial charge in [0.15, 0.2) is 0 Å². The predicted molar refractivity (Wildman–Crippen MR) is 58.7 cm³/mol. The summed E-state index contributed by atoms with van der Waals surface area (Å²) in [5, 5.41) is 12.4. The van der Waals surface area contributed by atoms with Crippen LogP contribution in [0.5, 0.6) is 5.75 Å². The molecule has 0 aromatic heterocycles. The van der Waals surface area contributed by atoms with Crippen LogP contribution in [0, 0.1) is 0 Å². The van der Waals surface area contributed by atoms with Gasteiger partial charge in [-0.25, -0.2) is 0 Å². The minimum Gasteiger partial charge on any atom is -0.506 e. The Hall–Kier alpha value is -1.26. The molecule has 1 aromatic carbocycles. The standard InChI is InChI=1S/C10H13ClN2O2/c1-2-13-9(10(12)15)6-3-4-8(14)7(11)5-6/h3-5,9,13-14H,2H2,1H3,(H2,12,15). The Balaban J connectivity index is 3.01. The van der Waals surface area contributed by atoms with E-state index < -0.39 is 11.9 Å². The quantitative estimate of drug-likeness (QED) is 0.725. The number of hydrogen-bond acceptors (Lipinski definition) is 3. The molecule has 1 rings (SSSR count). The number of nitrogens with one attached hydrogen (secondary N) is 1. The fraction of sp³-hybridized carbons (Fsp3) is 0.300. The second-order valence-corrected chi connectivity index (χ2v) is 3.51. The van der Waals surface area contributed by atoms with Gasteiger partial charge in [0, 0.05) is 0 Å². The van der Waals surface area contributed by atoms with E-state index in [0.29, 0.717) is 12.1 Å². The number of amides is 1. The van der Waals surface area contributed by atoms with Crippen LogP contribution in [-0.2, 0) is 4.79 Å². The maximum atomic E-state index is 11.1. The zero-order valence-corrected chi connectivity index (χ0v) is 9.08. The first kappa shape index (κ1) is 11.8. The van der Waals surface area contributed by atoms with E-state index in [1.54, 1.807) is 6.07 Å². The SMILES string of the molecule is CCNC(C(N)=O)c1ccc(O)c(Cl)c1. The van der Waals surface area contributed by atoms with Crippen LogP contribution in [0.15, 0.2) is 18.2 Å². The van der Waals surface area contributed by atoms with E-state index in [-0.39, 0.29) is 10.8 Å². The number of aromatic hydroxyl groups is 1. The van der Waals surface area contributed by atoms with Gasteiger partial charge in [-0.3, -0.25) is 4.79 Å². The summed E-state index contributed by atoms with van der Waals surface area (Å²) >= 11 is 5.73. The highest BCUT2D eigenvalue weighted by Crippen LogP contribution is 2.26. The molecule has 1 atom stereocenters. The lowest BCUT2D eigenvalue weighted by Crippen LogP contribution is -2.33. The highest BCUT2D eigenvalue weighted by molar-refractivity contribution is 6.32. The molecule has 0 heterocycles. The van der Waals surface area contributed by atoms with Gasteiger partial charge in [-0.1, -0.05) is 24.6 Å². The molecule has 5 heteroatoms. The van der Waals surface area contributed by atoms with Crippen LogP contribution < -0.4 is 11.1 Å². The van der Waals surface area contributed by atoms with Crippen molar-refractivity contribution in [1.29, 1.82) is 0 Å². The first-order chi connectivity index (χ1) is 7.06. The lowest BCUT2D eigenvalue weighted by Gasteiger charge is -2.14. The van der Waals surface area contributed by atoms with Crippen LogP contribution in [0.25, 0.3) is 0 Å². The molecule has 0 saturated heterocycles. The molecular weight excluding hydrogens is 216 g/mol. The summed E-state index contributed by atoms with van der Waals surface area (Å²) in [6, 6.07) is 3.99. The first-order valence-electron chi connectivity index (χ1n) is 4.57. The van der Waals surface area contributed by atoms with Crippen LogP contribution in [0.4, 0.5) is 0 Å². The van der Waals surface area contributed by atoms with E-state index in [0.717, 1.165) is 0 Å². The monoisotopic (exact) mass is 228 g/mol. The summed E-state index contributed by atoms with van der Waals surface area (Å²) in [6.45, 7) is 2.49. The largest absolute Gasteiger partial charge is 0.506 e. The van der Waals surface area contributed by atoms with Crippen molar-refractivity contribution in [3.8, 4) is 5.75 Å². The number of likely N-dealkylation sites (N-methyl/N-ethyl adjacent to an activating group) is 1. The van der Waals surface area contributed by atoms with Gasteiger partial charge in [-0.15, -0.1) is 0 Å². The summed E-state index contributed by atoms with van der Waals surface area (Å²) in [7, 11) is 0. The molecule has 4 nitrogen and oxygen atoms in total. The lowest BCUT2D eigenvalue weighted by molar-refractivity contribution is -0.120. The zero-order chi connectivity index (χ0) is 11.4. The smallest absolute Gasteiger partial charge is 0.239 e. The number of rotatable bonds is 4. The van der Waals surface area contributed by atoms with Crippen molar-refractivity contribution in [2.75, 3.05) is 6.54 Å². The highest BCUT2D eigenvalue weighted by atomic mass is 35.5. The van der Waals surface area contributed by atoms with Crippen molar-refractivity contribution in [1.82, 2.24) is 5.32 Å². The second kappa shape index (κ2) is 5.00. The zero-order valence-electron chi connectivity index (χ0n) is 8.33. The molecule has 82 valence electrons. The minimum absolute atomic E-state index is 0.0138. The van der Waals surface area contributed by atoms with E-state index in [1.165, 1.54) is 12.1 Å². The number of phenolic OH excluding ortho intramolecular Hbond substituents is 1. The summed E-state index contributed by atoms with van der Waals surface area (Å²) < 4.78 is 0. The highest BCUT2D eigenvalue weighted by Gasteiger charge is 2.17. The van der Waals surface area contributed by atoms with Gasteiger partial charge < -0.3 is 16.2 Å². The molecule has 1 unspecified atom stereocenters. The summed E-state index contributed by atoms with van der Waals surface area (Å²) in [5.41, 5.74) is 5.88. The van der Waals surface area contributed by atoms with Crippen molar-refractivity contribution >= 4 is 17.5 Å². The maximum absolute atomic E-state index is 11.1. The van der Waals surface area contributed by atoms with Gasteiger partial charge in [-0.2, -0.15) is 0 Å². The third-order valence-electron chi connectivity index (χ3n) is 2.00. The molecule has 1 aromatic rings. The molecule has 0 saturated carbocycles. The van der Waals surface area contributed by atoms with Gasteiger partial charge in [0.25, 0.3) is 0 Å². The number of phenols is 1. The lowest BCUT2D eigenvalue weighted by atomic mass is 10.1. The molecule has 0 aliphatic carbocycles. The Morgan fingerprint density at radius 2 is 2.33 bits per heavy atom. The van der Waals surface area contributed by atoms with Crippen LogP contribution in [-0.4, -0.2) is 17.6 Å². The van der Waals surface area contributed by atoms with Crippen molar-refractivity contribution in [2.45, 2.75) is 13.0 Å². The molecule has 0 bridgehead atoms. The minimum atomic E-state index is -0.576. The normalized spacial score (nSPS) is 12.4. The molecular formula is C10H13ClN2O2. The van der Waals surface area contributed by atoms with Crippen LogP contribution in [0.2, 0.25) is 5.02 Å². The summed E-state index contributed by atoms with van der Waals surface area (Å²) in [6.07, 6.45) is 0. The van der Waals surface area contributed by atoms with E-state index >= 15 is 0 Å². The van der Waals surface area contributed by atoms with Crippen LogP contribution >= 0.6 is 11.6 Å². The van der Waals surface area contributed by atoms with Gasteiger partial charge in [0.1, 0.15) is 11.8 Å². The Morgan fingerprint density at radius 3 is 2.80 bits per heavy atom. The van der Waals surface area contributed by atoms with E-state index in [2.05, 4.69) is 5.32 Å². The topological polar surface area (TPSA) is 75.3 Å². The van der Waals surface area contributed by atoms with Crippen molar-refractivity contribution < 1.29 is 9.90 Å². The Morgan fingerprint density at radius 1 is 1.67 bits per heavy atom. The third-order valence-corrected chi connectivity index (χ3v) is 2.30. The fourth-order valence-electron chi connectivity index (χ4n) is 1.29. The summed E-state index contributed by atoms with van der Waals surface area (Å²) in [5.74, 6) is -0.487. The number of halogens is 1. The Kier molecular flexibility index (Phi) is 3.94. The molecule has 0 aliphatic heterocycles. The van der Waals surface area contributed by atoms with Crippen LogP contribution in [0.1, 0.15) is 18.5 Å². The van der Waals surface area contributed by atoms with Crippen molar-refractivity contribution in [3.05, 3.63) is 28.8 Å². The van der Waals surface area contributed by atoms with Crippen molar-refractivity contribution in [3.63, 3.8) is 0 Å². The number of nitrogens with two attached hydrogens (primary N) is 1. The first-order valence-corrected chi connectivity index (χ1v) is 4.95. The van der Waals surface area contributed by atoms with E-state index in [4.69, 9.17) is 17.3 Å². The molecule has 0 radical (unpaired) electrons. The second-order valence-electron chi connectivity index (χ2n) is 3.10. The van der Waals surface area contributed by atoms with Gasteiger partial charge >= 0.3 is 0 Å². The predicted octanol–water partition coefficient (Wildman–Crippen LogP) is 1.18. The number of carbonyl (C=O) groups is 1. The maximum Gasteiger partial charge on any atom is 0.239 e. The Labute approximate surface area is 93.0 Å². The number of benzene rings is 1. The van der Waals surface area contributed by atoms with Crippen molar-refractivity contribution in [2.24, 2.45) is 5.73 Å². The Bertz CT molecular complexity index is 368. The van der Waals surface area contributed by atoms with Gasteiger partial charge in [0.2, 0.25) is 5.91 Å². The third kappa shape index (κ3) is 2.84. The van der Waals surface area contributed by atoms with Gasteiger partial charge in [0.05, 0.1) is 5.02 Å². The molecule has 0 aliphatic rings. The molecule has 1 amide bonds. The fourth-order valence-corrected chi connectivity index (χ4v) is 1.48. The number of primary amides is 1. The average molecular weight is 229 g/mol.